The van der Waals surface area contributed by atoms with Gasteiger partial charge in [-0.15, -0.1) is 0 Å². The Hall–Kier alpha value is -2.84. The highest BCUT2D eigenvalue weighted by Crippen LogP contribution is 2.12. The van der Waals surface area contributed by atoms with E-state index in [-0.39, 0.29) is 24.6 Å². The van der Waals surface area contributed by atoms with E-state index in [4.69, 9.17) is 4.52 Å². The van der Waals surface area contributed by atoms with E-state index >= 15 is 0 Å². The van der Waals surface area contributed by atoms with Crippen molar-refractivity contribution < 1.29 is 22.9 Å². The molecule has 0 saturated carbocycles. The van der Waals surface area contributed by atoms with Crippen molar-refractivity contribution in [2.45, 2.75) is 32.6 Å². The van der Waals surface area contributed by atoms with Gasteiger partial charge in [0.05, 0.1) is 6.54 Å². The Morgan fingerprint density at radius 3 is 2.68 bits per heavy atom. The van der Waals surface area contributed by atoms with Gasteiger partial charge in [0.1, 0.15) is 0 Å². The predicted octanol–water partition coefficient (Wildman–Crippen LogP) is 1.99. The summed E-state index contributed by atoms with van der Waals surface area (Å²) in [7, 11) is 0. The van der Waals surface area contributed by atoms with E-state index in [0.29, 0.717) is 31.0 Å². The summed E-state index contributed by atoms with van der Waals surface area (Å²) in [6.45, 7) is 1.64. The SMILES string of the molecule is CCc1noc(CCCC(=O)NCC(=O)Nc2ccc(F)c(F)c2)n1. The predicted molar refractivity (Wildman–Crippen MR) is 84.6 cm³/mol. The molecule has 0 aliphatic carbocycles. The number of aryl methyl sites for hydroxylation is 2. The van der Waals surface area contributed by atoms with Crippen LogP contribution in [0.3, 0.4) is 0 Å². The lowest BCUT2D eigenvalue weighted by Gasteiger charge is -2.07. The molecule has 1 aromatic carbocycles. The van der Waals surface area contributed by atoms with Crippen LogP contribution >= 0.6 is 0 Å². The van der Waals surface area contributed by atoms with Crippen LogP contribution in [0.2, 0.25) is 0 Å². The van der Waals surface area contributed by atoms with Crippen molar-refractivity contribution in [1.29, 1.82) is 0 Å². The van der Waals surface area contributed by atoms with Gasteiger partial charge in [-0.3, -0.25) is 9.59 Å². The first-order valence-electron chi connectivity index (χ1n) is 7.81. The average molecular weight is 352 g/mol. The number of benzene rings is 1. The van der Waals surface area contributed by atoms with E-state index in [2.05, 4.69) is 20.8 Å². The molecule has 0 unspecified atom stereocenters. The van der Waals surface area contributed by atoms with Crippen LogP contribution < -0.4 is 10.6 Å². The second-order valence-electron chi connectivity index (χ2n) is 5.27. The van der Waals surface area contributed by atoms with Crippen molar-refractivity contribution in [3.8, 4) is 0 Å². The Morgan fingerprint density at radius 1 is 1.20 bits per heavy atom. The van der Waals surface area contributed by atoms with Gasteiger partial charge in [-0.1, -0.05) is 12.1 Å². The quantitative estimate of drug-likeness (QED) is 0.757. The number of hydrogen-bond acceptors (Lipinski definition) is 5. The van der Waals surface area contributed by atoms with E-state index in [9.17, 15) is 18.4 Å². The Bertz CT molecular complexity index is 749. The molecule has 0 atom stereocenters. The molecule has 25 heavy (non-hydrogen) atoms. The largest absolute Gasteiger partial charge is 0.347 e. The van der Waals surface area contributed by atoms with Crippen LogP contribution in [0.5, 0.6) is 0 Å². The van der Waals surface area contributed by atoms with Crippen LogP contribution in [0, 0.1) is 11.6 Å². The Kier molecular flexibility index (Phi) is 6.55. The number of amides is 2. The summed E-state index contributed by atoms with van der Waals surface area (Å²) >= 11 is 0. The van der Waals surface area contributed by atoms with Crippen molar-refractivity contribution in [3.63, 3.8) is 0 Å². The van der Waals surface area contributed by atoms with Gasteiger partial charge in [0.15, 0.2) is 17.5 Å². The summed E-state index contributed by atoms with van der Waals surface area (Å²) in [4.78, 5) is 27.5. The minimum absolute atomic E-state index is 0.112. The van der Waals surface area contributed by atoms with Crippen LogP contribution in [0.4, 0.5) is 14.5 Å². The van der Waals surface area contributed by atoms with E-state index in [1.165, 1.54) is 6.07 Å². The smallest absolute Gasteiger partial charge is 0.243 e. The van der Waals surface area contributed by atoms with Crippen LogP contribution in [-0.2, 0) is 22.4 Å². The Morgan fingerprint density at radius 2 is 2.00 bits per heavy atom. The molecule has 7 nitrogen and oxygen atoms in total. The molecule has 1 aromatic heterocycles. The van der Waals surface area contributed by atoms with E-state index < -0.39 is 17.5 Å². The number of nitrogens with zero attached hydrogens (tertiary/aromatic N) is 2. The number of halogens is 2. The average Bonchev–Trinajstić information content (AvgIpc) is 3.04. The van der Waals surface area contributed by atoms with Gasteiger partial charge in [0.2, 0.25) is 17.7 Å². The molecule has 2 aromatic rings. The second kappa shape index (κ2) is 8.86. The lowest BCUT2D eigenvalue weighted by Crippen LogP contribution is -2.32. The number of anilines is 1. The van der Waals surface area contributed by atoms with Crippen molar-refractivity contribution in [2.75, 3.05) is 11.9 Å². The topological polar surface area (TPSA) is 97.1 Å². The van der Waals surface area contributed by atoms with Crippen molar-refractivity contribution in [3.05, 3.63) is 41.5 Å². The summed E-state index contributed by atoms with van der Waals surface area (Å²) in [6, 6.07) is 3.00. The third-order valence-electron chi connectivity index (χ3n) is 3.27. The molecular weight excluding hydrogens is 334 g/mol. The number of nitrogens with one attached hydrogen (secondary N) is 2. The van der Waals surface area contributed by atoms with Gasteiger partial charge in [-0.05, 0) is 18.6 Å². The minimum Gasteiger partial charge on any atom is -0.347 e. The molecule has 134 valence electrons. The molecule has 0 saturated heterocycles. The second-order valence-corrected chi connectivity index (χ2v) is 5.27. The molecule has 2 rings (SSSR count). The first-order valence-corrected chi connectivity index (χ1v) is 7.81. The van der Waals surface area contributed by atoms with Crippen LogP contribution in [0.1, 0.15) is 31.5 Å². The van der Waals surface area contributed by atoms with E-state index in [0.717, 1.165) is 12.1 Å². The highest BCUT2D eigenvalue weighted by atomic mass is 19.2. The highest BCUT2D eigenvalue weighted by molar-refractivity contribution is 5.94. The zero-order chi connectivity index (χ0) is 18.2. The molecule has 1 heterocycles. The highest BCUT2D eigenvalue weighted by Gasteiger charge is 2.09. The number of rotatable bonds is 8. The third-order valence-corrected chi connectivity index (χ3v) is 3.27. The van der Waals surface area contributed by atoms with Crippen LogP contribution in [-0.4, -0.2) is 28.5 Å². The van der Waals surface area contributed by atoms with Crippen LogP contribution in [0.25, 0.3) is 0 Å². The van der Waals surface area contributed by atoms with Gasteiger partial charge >= 0.3 is 0 Å². The number of aromatic nitrogens is 2. The fourth-order valence-electron chi connectivity index (χ4n) is 1.98. The molecule has 0 aliphatic rings. The van der Waals surface area contributed by atoms with Crippen LogP contribution in [0.15, 0.2) is 22.7 Å². The van der Waals surface area contributed by atoms with Gasteiger partial charge < -0.3 is 15.2 Å². The number of hydrogen-bond donors (Lipinski definition) is 2. The number of carbonyl (C=O) groups excluding carboxylic acids is 2. The molecule has 0 radical (unpaired) electrons. The summed E-state index contributed by atoms with van der Waals surface area (Å²) in [5, 5.41) is 8.56. The fraction of sp³-hybridized carbons (Fsp3) is 0.375. The monoisotopic (exact) mass is 352 g/mol. The summed E-state index contributed by atoms with van der Waals surface area (Å²) in [5.41, 5.74) is 0.112. The van der Waals surface area contributed by atoms with Crippen molar-refractivity contribution >= 4 is 17.5 Å². The summed E-state index contributed by atoms with van der Waals surface area (Å²) in [6.07, 6.45) is 1.85. The molecule has 0 bridgehead atoms. The minimum atomic E-state index is -1.06. The molecule has 0 fully saturated rings. The first kappa shape index (κ1) is 18.5. The number of carbonyl (C=O) groups is 2. The Labute approximate surface area is 142 Å². The fourth-order valence-corrected chi connectivity index (χ4v) is 1.98. The maximum atomic E-state index is 13.0. The molecule has 2 N–H and O–H groups in total. The lowest BCUT2D eigenvalue weighted by atomic mass is 10.2. The summed E-state index contributed by atoms with van der Waals surface area (Å²) in [5.74, 6) is -1.82. The lowest BCUT2D eigenvalue weighted by molar-refractivity contribution is -0.124. The van der Waals surface area contributed by atoms with E-state index in [1.807, 2.05) is 6.92 Å². The molecule has 0 aliphatic heterocycles. The molecule has 9 heteroatoms. The first-order chi connectivity index (χ1) is 12.0. The zero-order valence-corrected chi connectivity index (χ0v) is 13.6. The van der Waals surface area contributed by atoms with Gasteiger partial charge in [0, 0.05) is 31.0 Å². The van der Waals surface area contributed by atoms with Gasteiger partial charge in [-0.2, -0.15) is 4.98 Å². The third kappa shape index (κ3) is 5.94. The Balaban J connectivity index is 1.66. The van der Waals surface area contributed by atoms with Crippen molar-refractivity contribution in [2.24, 2.45) is 0 Å². The molecular formula is C16H18F2N4O3. The van der Waals surface area contributed by atoms with Gasteiger partial charge in [-0.25, -0.2) is 8.78 Å². The molecule has 0 spiro atoms. The maximum absolute atomic E-state index is 13.0. The maximum Gasteiger partial charge on any atom is 0.243 e. The molecule has 2 amide bonds. The standard InChI is InChI=1S/C16H18F2N4O3/c1-2-13-21-16(25-22-13)5-3-4-14(23)19-9-15(24)20-10-6-7-11(17)12(18)8-10/h6-8H,2-5,9H2,1H3,(H,19,23)(H,20,24). The summed E-state index contributed by atoms with van der Waals surface area (Å²) < 4.78 is 30.8. The van der Waals surface area contributed by atoms with Crippen molar-refractivity contribution in [1.82, 2.24) is 15.5 Å². The normalized spacial score (nSPS) is 10.5. The van der Waals surface area contributed by atoms with Gasteiger partial charge in [0.25, 0.3) is 0 Å². The van der Waals surface area contributed by atoms with E-state index in [1.54, 1.807) is 0 Å². The zero-order valence-electron chi connectivity index (χ0n) is 13.6.